The zero-order valence-corrected chi connectivity index (χ0v) is 13.9. The van der Waals surface area contributed by atoms with Gasteiger partial charge in [0.15, 0.2) is 0 Å². The van der Waals surface area contributed by atoms with E-state index in [1.54, 1.807) is 27.7 Å². The average Bonchev–Trinajstić information content (AvgIpc) is 2.20. The van der Waals surface area contributed by atoms with Crippen molar-refractivity contribution in [3.63, 3.8) is 0 Å². The third kappa shape index (κ3) is 10.5. The van der Waals surface area contributed by atoms with E-state index < -0.39 is 17.4 Å². The maximum Gasteiger partial charge on any atom is 0.329 e. The Morgan fingerprint density at radius 2 is 1.33 bits per heavy atom. The fraction of sp³-hybridized carbons (Fsp3) is 0.714. The molecule has 0 fully saturated rings. The number of amides is 3. The smallest absolute Gasteiger partial charge is 0.329 e. The Kier molecular flexibility index (Phi) is 6.53. The Bertz CT molecular complexity index is 442. The van der Waals surface area contributed by atoms with Crippen LogP contribution >= 0.6 is 0 Å². The molecule has 0 atom stereocenters. The molecule has 21 heavy (non-hydrogen) atoms. The summed E-state index contributed by atoms with van der Waals surface area (Å²) in [4.78, 5) is 34.7. The topological polar surface area (TPSA) is 99.7 Å². The van der Waals surface area contributed by atoms with E-state index in [-0.39, 0.29) is 17.9 Å². The van der Waals surface area contributed by atoms with Gasteiger partial charge in [0, 0.05) is 16.8 Å². The molecule has 7 heteroatoms. The van der Waals surface area contributed by atoms with Crippen LogP contribution in [0.25, 0.3) is 0 Å². The molecule has 0 saturated carbocycles. The number of hydrazone groups is 1. The standard InChI is InChI=1S/C14H26N4O3/c1-9(8-10(19)15-13(2,3)4)17-18-12(21)11(20)16-14(5,6)7/h8H2,1-7H3,(H,15,19)(H,16,20)(H,18,21)/b17-9+. The van der Waals surface area contributed by atoms with E-state index in [9.17, 15) is 14.4 Å². The minimum atomic E-state index is -0.861. The van der Waals surface area contributed by atoms with Gasteiger partial charge in [-0.15, -0.1) is 0 Å². The predicted octanol–water partition coefficient (Wildman–Crippen LogP) is 0.698. The van der Waals surface area contributed by atoms with Crippen LogP contribution in [0, 0.1) is 0 Å². The summed E-state index contributed by atoms with van der Waals surface area (Å²) in [6.45, 7) is 12.5. The second kappa shape index (κ2) is 7.19. The first-order valence-electron chi connectivity index (χ1n) is 6.77. The van der Waals surface area contributed by atoms with Crippen LogP contribution < -0.4 is 16.1 Å². The van der Waals surface area contributed by atoms with E-state index in [0.717, 1.165) is 0 Å². The number of hydrogen-bond donors (Lipinski definition) is 3. The van der Waals surface area contributed by atoms with Gasteiger partial charge >= 0.3 is 11.8 Å². The van der Waals surface area contributed by atoms with Crippen LogP contribution in [-0.4, -0.2) is 34.5 Å². The lowest BCUT2D eigenvalue weighted by Gasteiger charge is -2.20. The van der Waals surface area contributed by atoms with Gasteiger partial charge in [-0.2, -0.15) is 5.10 Å². The molecule has 0 saturated heterocycles. The second-order valence-corrected chi connectivity index (χ2v) is 6.97. The zero-order chi connectivity index (χ0) is 16.8. The maximum absolute atomic E-state index is 11.7. The summed E-state index contributed by atoms with van der Waals surface area (Å²) < 4.78 is 0. The van der Waals surface area contributed by atoms with Crippen LogP contribution in [0.2, 0.25) is 0 Å². The molecule has 0 aliphatic heterocycles. The van der Waals surface area contributed by atoms with Gasteiger partial charge in [-0.3, -0.25) is 14.4 Å². The first-order chi connectivity index (χ1) is 9.30. The lowest BCUT2D eigenvalue weighted by Crippen LogP contribution is -2.47. The highest BCUT2D eigenvalue weighted by molar-refractivity contribution is 6.35. The van der Waals surface area contributed by atoms with E-state index in [0.29, 0.717) is 5.71 Å². The van der Waals surface area contributed by atoms with Crippen LogP contribution in [0.1, 0.15) is 54.9 Å². The third-order valence-electron chi connectivity index (χ3n) is 1.97. The van der Waals surface area contributed by atoms with Gasteiger partial charge in [0.25, 0.3) is 0 Å². The molecule has 0 unspecified atom stereocenters. The largest absolute Gasteiger partial charge is 0.351 e. The van der Waals surface area contributed by atoms with Crippen LogP contribution in [0.5, 0.6) is 0 Å². The molecule has 3 N–H and O–H groups in total. The lowest BCUT2D eigenvalue weighted by molar-refractivity contribution is -0.140. The normalized spacial score (nSPS) is 12.6. The summed E-state index contributed by atoms with van der Waals surface area (Å²) in [6.07, 6.45) is 0.0540. The van der Waals surface area contributed by atoms with Gasteiger partial charge in [0.1, 0.15) is 0 Å². The molecule has 0 bridgehead atoms. The fourth-order valence-corrected chi connectivity index (χ4v) is 1.33. The molecule has 3 amide bonds. The SMILES string of the molecule is C/C(CC(=O)NC(C)(C)C)=N\NC(=O)C(=O)NC(C)(C)C. The Morgan fingerprint density at radius 1 is 0.857 bits per heavy atom. The van der Waals surface area contributed by atoms with Crippen molar-refractivity contribution < 1.29 is 14.4 Å². The number of nitrogens with zero attached hydrogens (tertiary/aromatic N) is 1. The minimum absolute atomic E-state index is 0.0540. The van der Waals surface area contributed by atoms with Crippen molar-refractivity contribution >= 4 is 23.4 Å². The van der Waals surface area contributed by atoms with Crippen molar-refractivity contribution in [2.24, 2.45) is 5.10 Å². The highest BCUT2D eigenvalue weighted by Crippen LogP contribution is 2.00. The van der Waals surface area contributed by atoms with Crippen LogP contribution in [0.15, 0.2) is 5.10 Å². The Morgan fingerprint density at radius 3 is 1.76 bits per heavy atom. The summed E-state index contributed by atoms with van der Waals surface area (Å²) in [5, 5.41) is 9.04. The summed E-state index contributed by atoms with van der Waals surface area (Å²) in [5.41, 5.74) is 1.71. The number of carbonyl (C=O) groups is 3. The number of carbonyl (C=O) groups excluding carboxylic acids is 3. The van der Waals surface area contributed by atoms with Crippen molar-refractivity contribution in [3.8, 4) is 0 Å². The molecular formula is C14H26N4O3. The molecule has 0 spiro atoms. The highest BCUT2D eigenvalue weighted by atomic mass is 16.2. The highest BCUT2D eigenvalue weighted by Gasteiger charge is 2.20. The van der Waals surface area contributed by atoms with Crippen molar-refractivity contribution in [2.45, 2.75) is 66.0 Å². The Balaban J connectivity index is 4.38. The molecule has 0 aliphatic carbocycles. The van der Waals surface area contributed by atoms with E-state index in [4.69, 9.17) is 0 Å². The molecule has 0 aliphatic rings. The first kappa shape index (κ1) is 19.1. The molecule has 0 aromatic heterocycles. The summed E-state index contributed by atoms with van der Waals surface area (Å²) in [5.74, 6) is -1.82. The Hall–Kier alpha value is -1.92. The second-order valence-electron chi connectivity index (χ2n) is 6.97. The van der Waals surface area contributed by atoms with Crippen LogP contribution in [0.4, 0.5) is 0 Å². The van der Waals surface area contributed by atoms with Gasteiger partial charge in [-0.1, -0.05) is 0 Å². The van der Waals surface area contributed by atoms with Gasteiger partial charge in [-0.25, -0.2) is 5.43 Å². The fourth-order valence-electron chi connectivity index (χ4n) is 1.33. The van der Waals surface area contributed by atoms with Crippen molar-refractivity contribution in [2.75, 3.05) is 0 Å². The van der Waals surface area contributed by atoms with Gasteiger partial charge in [0.05, 0.1) is 6.42 Å². The molecule has 0 aromatic carbocycles. The number of nitrogens with one attached hydrogen (secondary N) is 3. The summed E-state index contributed by atoms with van der Waals surface area (Å²) in [7, 11) is 0. The quantitative estimate of drug-likeness (QED) is 0.406. The van der Waals surface area contributed by atoms with E-state index >= 15 is 0 Å². The average molecular weight is 298 g/mol. The lowest BCUT2D eigenvalue weighted by atomic mass is 10.1. The van der Waals surface area contributed by atoms with Crippen molar-refractivity contribution in [1.82, 2.24) is 16.1 Å². The molecular weight excluding hydrogens is 272 g/mol. The summed E-state index contributed by atoms with van der Waals surface area (Å²) in [6, 6.07) is 0. The molecule has 0 radical (unpaired) electrons. The predicted molar refractivity (Wildman–Crippen MR) is 81.7 cm³/mol. The Labute approximate surface area is 125 Å². The van der Waals surface area contributed by atoms with Gasteiger partial charge in [-0.05, 0) is 48.5 Å². The first-order valence-corrected chi connectivity index (χ1v) is 6.77. The molecule has 0 rings (SSSR count). The van der Waals surface area contributed by atoms with Crippen LogP contribution in [-0.2, 0) is 14.4 Å². The van der Waals surface area contributed by atoms with Crippen LogP contribution in [0.3, 0.4) is 0 Å². The van der Waals surface area contributed by atoms with E-state index in [2.05, 4.69) is 21.2 Å². The number of hydrogen-bond acceptors (Lipinski definition) is 4. The summed E-state index contributed by atoms with van der Waals surface area (Å²) >= 11 is 0. The van der Waals surface area contributed by atoms with Crippen molar-refractivity contribution in [1.29, 1.82) is 0 Å². The van der Waals surface area contributed by atoms with Crippen molar-refractivity contribution in [3.05, 3.63) is 0 Å². The molecule has 120 valence electrons. The zero-order valence-electron chi connectivity index (χ0n) is 13.9. The van der Waals surface area contributed by atoms with E-state index in [1.807, 2.05) is 20.8 Å². The third-order valence-corrected chi connectivity index (χ3v) is 1.97. The number of rotatable bonds is 3. The van der Waals surface area contributed by atoms with Gasteiger partial charge in [0.2, 0.25) is 5.91 Å². The maximum atomic E-state index is 11.7. The molecule has 0 heterocycles. The minimum Gasteiger partial charge on any atom is -0.351 e. The molecule has 0 aromatic rings. The van der Waals surface area contributed by atoms with Gasteiger partial charge < -0.3 is 10.6 Å². The van der Waals surface area contributed by atoms with E-state index in [1.165, 1.54) is 0 Å². The molecule has 7 nitrogen and oxygen atoms in total. The monoisotopic (exact) mass is 298 g/mol.